The summed E-state index contributed by atoms with van der Waals surface area (Å²) < 4.78 is 0. The van der Waals surface area contributed by atoms with Gasteiger partial charge in [0.15, 0.2) is 0 Å². The number of rotatable bonds is 4. The van der Waals surface area contributed by atoms with Crippen LogP contribution in [0.4, 0.5) is 0 Å². The van der Waals surface area contributed by atoms with Gasteiger partial charge in [-0.05, 0) is 41.9 Å². The summed E-state index contributed by atoms with van der Waals surface area (Å²) in [6, 6.07) is 3.91. The number of thioether (sulfide) groups is 1. The number of thiophene rings is 1. The molecule has 0 aliphatic carbocycles. The molecule has 0 radical (unpaired) electrons. The van der Waals surface area contributed by atoms with Gasteiger partial charge in [0.1, 0.15) is 0 Å². The van der Waals surface area contributed by atoms with Gasteiger partial charge < -0.3 is 10.4 Å². The van der Waals surface area contributed by atoms with Crippen molar-refractivity contribution < 1.29 is 9.90 Å². The van der Waals surface area contributed by atoms with Crippen molar-refractivity contribution in [2.75, 3.05) is 18.1 Å². The molecule has 1 aromatic heterocycles. The Labute approximate surface area is 115 Å². The number of nitrogens with one attached hydrogen (secondary N) is 1. The highest BCUT2D eigenvalue weighted by atomic mass is 32.2. The fourth-order valence-corrected chi connectivity index (χ4v) is 3.65. The highest BCUT2D eigenvalue weighted by Gasteiger charge is 2.29. The number of amides is 1. The zero-order valence-electron chi connectivity index (χ0n) is 10.1. The monoisotopic (exact) mass is 283 g/mol. The Bertz CT molecular complexity index is 409. The molecule has 1 saturated heterocycles. The van der Waals surface area contributed by atoms with Gasteiger partial charge in [-0.2, -0.15) is 11.8 Å². The number of hydrogen-bond acceptors (Lipinski definition) is 4. The molecule has 0 aromatic carbocycles. The summed E-state index contributed by atoms with van der Waals surface area (Å²) in [5, 5.41) is 15.0. The van der Waals surface area contributed by atoms with Crippen LogP contribution in [0.1, 0.15) is 17.7 Å². The molecule has 0 atom stereocenters. The zero-order valence-corrected chi connectivity index (χ0v) is 11.7. The minimum Gasteiger partial charge on any atom is -0.388 e. The van der Waals surface area contributed by atoms with Crippen LogP contribution in [-0.4, -0.2) is 34.7 Å². The van der Waals surface area contributed by atoms with Crippen LogP contribution in [-0.2, 0) is 4.79 Å². The van der Waals surface area contributed by atoms with Gasteiger partial charge in [0.05, 0.1) is 5.60 Å². The third kappa shape index (κ3) is 4.15. The number of aliphatic hydroxyl groups is 1. The Kier molecular flexibility index (Phi) is 4.86. The van der Waals surface area contributed by atoms with Crippen molar-refractivity contribution in [1.82, 2.24) is 5.32 Å². The van der Waals surface area contributed by atoms with E-state index in [-0.39, 0.29) is 5.91 Å². The third-order valence-corrected chi connectivity index (χ3v) is 4.78. The molecule has 5 heteroatoms. The highest BCUT2D eigenvalue weighted by Crippen LogP contribution is 2.26. The summed E-state index contributed by atoms with van der Waals surface area (Å²) in [4.78, 5) is 12.7. The van der Waals surface area contributed by atoms with E-state index in [0.29, 0.717) is 6.54 Å². The maximum atomic E-state index is 11.6. The average molecular weight is 283 g/mol. The molecular formula is C13H17NO2S2. The fourth-order valence-electron chi connectivity index (χ4n) is 1.78. The van der Waals surface area contributed by atoms with Crippen LogP contribution in [0, 0.1) is 0 Å². The van der Waals surface area contributed by atoms with Gasteiger partial charge >= 0.3 is 0 Å². The van der Waals surface area contributed by atoms with E-state index in [1.807, 2.05) is 29.3 Å². The lowest BCUT2D eigenvalue weighted by Gasteiger charge is -2.31. The second-order valence-electron chi connectivity index (χ2n) is 4.40. The second-order valence-corrected chi connectivity index (χ2v) is 6.61. The van der Waals surface area contributed by atoms with Crippen molar-refractivity contribution in [2.45, 2.75) is 18.4 Å². The van der Waals surface area contributed by atoms with E-state index in [1.54, 1.807) is 17.4 Å². The van der Waals surface area contributed by atoms with E-state index in [0.717, 1.165) is 29.2 Å². The van der Waals surface area contributed by atoms with E-state index >= 15 is 0 Å². The van der Waals surface area contributed by atoms with Crippen molar-refractivity contribution in [2.24, 2.45) is 0 Å². The normalized spacial score (nSPS) is 18.9. The van der Waals surface area contributed by atoms with Crippen molar-refractivity contribution in [3.8, 4) is 0 Å². The maximum Gasteiger partial charge on any atom is 0.244 e. The molecule has 0 saturated carbocycles. The van der Waals surface area contributed by atoms with Gasteiger partial charge in [-0.3, -0.25) is 4.79 Å². The van der Waals surface area contributed by atoms with Crippen molar-refractivity contribution in [3.63, 3.8) is 0 Å². The highest BCUT2D eigenvalue weighted by molar-refractivity contribution is 7.99. The maximum absolute atomic E-state index is 11.6. The largest absolute Gasteiger partial charge is 0.388 e. The Morgan fingerprint density at radius 1 is 1.50 bits per heavy atom. The number of carbonyl (C=O) groups excluding carboxylic acids is 1. The van der Waals surface area contributed by atoms with Crippen LogP contribution in [0.5, 0.6) is 0 Å². The lowest BCUT2D eigenvalue weighted by Crippen LogP contribution is -2.44. The number of hydrogen-bond donors (Lipinski definition) is 2. The van der Waals surface area contributed by atoms with Crippen LogP contribution in [0.15, 0.2) is 23.6 Å². The van der Waals surface area contributed by atoms with E-state index in [1.165, 1.54) is 6.08 Å². The molecule has 18 heavy (non-hydrogen) atoms. The summed E-state index contributed by atoms with van der Waals surface area (Å²) in [5.41, 5.74) is -0.711. The smallest absolute Gasteiger partial charge is 0.244 e. The van der Waals surface area contributed by atoms with Gasteiger partial charge in [0.25, 0.3) is 0 Å². The fraction of sp³-hybridized carbons (Fsp3) is 0.462. The zero-order chi connectivity index (χ0) is 12.8. The molecule has 0 spiro atoms. The number of carbonyl (C=O) groups is 1. The lowest BCUT2D eigenvalue weighted by molar-refractivity contribution is -0.117. The van der Waals surface area contributed by atoms with E-state index < -0.39 is 5.60 Å². The molecular weight excluding hydrogens is 266 g/mol. The van der Waals surface area contributed by atoms with Gasteiger partial charge in [0, 0.05) is 17.5 Å². The summed E-state index contributed by atoms with van der Waals surface area (Å²) in [7, 11) is 0. The summed E-state index contributed by atoms with van der Waals surface area (Å²) in [5.74, 6) is 1.80. The van der Waals surface area contributed by atoms with Gasteiger partial charge in [-0.25, -0.2) is 0 Å². The molecule has 0 bridgehead atoms. The van der Waals surface area contributed by atoms with Gasteiger partial charge in [-0.15, -0.1) is 11.3 Å². The molecule has 1 amide bonds. The van der Waals surface area contributed by atoms with Crippen LogP contribution >= 0.6 is 23.1 Å². The minimum absolute atomic E-state index is 0.143. The molecule has 1 aliphatic heterocycles. The van der Waals surface area contributed by atoms with E-state index in [9.17, 15) is 9.90 Å². The molecule has 1 fully saturated rings. The molecule has 1 aromatic rings. The first-order valence-corrected chi connectivity index (χ1v) is 8.01. The van der Waals surface area contributed by atoms with E-state index in [2.05, 4.69) is 5.32 Å². The third-order valence-electron chi connectivity index (χ3n) is 2.96. The van der Waals surface area contributed by atoms with Gasteiger partial charge in [-0.1, -0.05) is 6.07 Å². The van der Waals surface area contributed by atoms with Crippen molar-refractivity contribution in [1.29, 1.82) is 0 Å². The quantitative estimate of drug-likeness (QED) is 0.832. The first kappa shape index (κ1) is 13.6. The standard InChI is InChI=1S/C13H17NO2S2/c15-12(4-3-11-2-1-7-18-11)14-10-13(16)5-8-17-9-6-13/h1-4,7,16H,5-6,8-10H2,(H,14,15). The van der Waals surface area contributed by atoms with E-state index in [4.69, 9.17) is 0 Å². The van der Waals surface area contributed by atoms with Crippen LogP contribution in [0.2, 0.25) is 0 Å². The summed E-state index contributed by atoms with van der Waals surface area (Å²) >= 11 is 3.45. The molecule has 2 heterocycles. The lowest BCUT2D eigenvalue weighted by atomic mass is 9.97. The molecule has 98 valence electrons. The molecule has 2 rings (SSSR count). The Morgan fingerprint density at radius 2 is 2.28 bits per heavy atom. The molecule has 0 unspecified atom stereocenters. The molecule has 2 N–H and O–H groups in total. The minimum atomic E-state index is -0.711. The molecule has 1 aliphatic rings. The van der Waals surface area contributed by atoms with Crippen molar-refractivity contribution >= 4 is 35.1 Å². The SMILES string of the molecule is O=C(C=Cc1cccs1)NCC1(O)CCSCC1. The first-order chi connectivity index (χ1) is 8.68. The summed E-state index contributed by atoms with van der Waals surface area (Å²) in [6.07, 6.45) is 4.83. The topological polar surface area (TPSA) is 49.3 Å². The average Bonchev–Trinajstić information content (AvgIpc) is 2.88. The van der Waals surface area contributed by atoms with Crippen LogP contribution in [0.3, 0.4) is 0 Å². The Balaban J connectivity index is 1.77. The first-order valence-electron chi connectivity index (χ1n) is 5.98. The molecule has 3 nitrogen and oxygen atoms in total. The van der Waals surface area contributed by atoms with Crippen LogP contribution in [0.25, 0.3) is 6.08 Å². The predicted molar refractivity (Wildman–Crippen MR) is 77.9 cm³/mol. The van der Waals surface area contributed by atoms with Crippen LogP contribution < -0.4 is 5.32 Å². The Hall–Kier alpha value is -0.780. The Morgan fingerprint density at radius 3 is 2.94 bits per heavy atom. The van der Waals surface area contributed by atoms with Crippen molar-refractivity contribution in [3.05, 3.63) is 28.5 Å². The summed E-state index contributed by atoms with van der Waals surface area (Å²) in [6.45, 7) is 0.348. The predicted octanol–water partition coefficient (Wildman–Crippen LogP) is 2.14. The second kappa shape index (κ2) is 6.41. The van der Waals surface area contributed by atoms with Gasteiger partial charge in [0.2, 0.25) is 5.91 Å².